The first kappa shape index (κ1) is 19.5. The van der Waals surface area contributed by atoms with Gasteiger partial charge >= 0.3 is 0 Å². The van der Waals surface area contributed by atoms with Gasteiger partial charge in [0.15, 0.2) is 0 Å². The van der Waals surface area contributed by atoms with Crippen LogP contribution in [0.3, 0.4) is 0 Å². The minimum absolute atomic E-state index is 0.0999. The molecule has 1 amide bonds. The van der Waals surface area contributed by atoms with Crippen LogP contribution in [-0.2, 0) is 4.79 Å². The summed E-state index contributed by atoms with van der Waals surface area (Å²) in [5.74, 6) is -0.146. The summed E-state index contributed by atoms with van der Waals surface area (Å²) < 4.78 is 13.1. The molecule has 29 heavy (non-hydrogen) atoms. The third kappa shape index (κ3) is 4.63. The Hall–Kier alpha value is -2.77. The van der Waals surface area contributed by atoms with Gasteiger partial charge in [0.05, 0.1) is 11.8 Å². The summed E-state index contributed by atoms with van der Waals surface area (Å²) in [5.41, 5.74) is 2.00. The maximum atomic E-state index is 13.1. The quantitative estimate of drug-likeness (QED) is 0.330. The smallest absolute Gasteiger partial charge is 0.230 e. The number of amides is 1. The van der Waals surface area contributed by atoms with Crippen molar-refractivity contribution in [1.29, 1.82) is 0 Å². The number of nitrogens with zero attached hydrogens (tertiary/aromatic N) is 2. The lowest BCUT2D eigenvalue weighted by atomic mass is 10.1. The first-order chi connectivity index (χ1) is 14.1. The van der Waals surface area contributed by atoms with Crippen LogP contribution in [0.4, 0.5) is 4.39 Å². The summed E-state index contributed by atoms with van der Waals surface area (Å²) in [4.78, 5) is 23.2. The number of fused-ring (bicyclic) bond motifs is 1. The molecule has 4 nitrogen and oxygen atoms in total. The van der Waals surface area contributed by atoms with Gasteiger partial charge in [0.2, 0.25) is 5.91 Å². The average molecular weight is 424 g/mol. The molecule has 0 spiro atoms. The fourth-order valence-corrected chi connectivity index (χ4v) is 4.80. The number of aromatic nitrogens is 2. The summed E-state index contributed by atoms with van der Waals surface area (Å²) >= 11 is 3.00. The highest BCUT2D eigenvalue weighted by atomic mass is 32.2. The molecule has 0 saturated carbocycles. The van der Waals surface area contributed by atoms with E-state index in [0.29, 0.717) is 0 Å². The van der Waals surface area contributed by atoms with Crippen LogP contribution in [0.15, 0.2) is 72.0 Å². The molecule has 4 aromatic rings. The van der Waals surface area contributed by atoms with E-state index in [1.807, 2.05) is 25.1 Å². The maximum Gasteiger partial charge on any atom is 0.230 e. The molecule has 0 aliphatic rings. The van der Waals surface area contributed by atoms with E-state index in [2.05, 4.69) is 33.5 Å². The number of benzene rings is 2. The van der Waals surface area contributed by atoms with Gasteiger partial charge in [0.1, 0.15) is 22.0 Å². The number of rotatable bonds is 6. The van der Waals surface area contributed by atoms with Crippen molar-refractivity contribution in [3.05, 3.63) is 78.4 Å². The van der Waals surface area contributed by atoms with Crippen molar-refractivity contribution in [2.24, 2.45) is 0 Å². The Morgan fingerprint density at radius 3 is 2.66 bits per heavy atom. The molecule has 0 radical (unpaired) electrons. The van der Waals surface area contributed by atoms with Crippen LogP contribution in [0.5, 0.6) is 0 Å². The number of thiophene rings is 1. The Labute approximate surface area is 176 Å². The summed E-state index contributed by atoms with van der Waals surface area (Å²) in [6.45, 7) is 1.88. The highest BCUT2D eigenvalue weighted by Gasteiger charge is 2.14. The van der Waals surface area contributed by atoms with Crippen LogP contribution in [0.1, 0.15) is 18.5 Å². The number of nitrogens with one attached hydrogen (secondary N) is 1. The Kier molecular flexibility index (Phi) is 5.87. The predicted octanol–water partition coefficient (Wildman–Crippen LogP) is 5.47. The summed E-state index contributed by atoms with van der Waals surface area (Å²) in [6, 6.07) is 18.2. The van der Waals surface area contributed by atoms with Crippen LogP contribution < -0.4 is 5.32 Å². The van der Waals surface area contributed by atoms with Crippen LogP contribution in [0.2, 0.25) is 0 Å². The summed E-state index contributed by atoms with van der Waals surface area (Å²) in [6.07, 6.45) is 1.54. The van der Waals surface area contributed by atoms with Crippen molar-refractivity contribution < 1.29 is 9.18 Å². The van der Waals surface area contributed by atoms with Crippen molar-refractivity contribution in [2.45, 2.75) is 18.0 Å². The second-order valence-electron chi connectivity index (χ2n) is 6.50. The van der Waals surface area contributed by atoms with Gasteiger partial charge in [0.25, 0.3) is 0 Å². The van der Waals surface area contributed by atoms with E-state index >= 15 is 0 Å². The van der Waals surface area contributed by atoms with E-state index in [-0.39, 0.29) is 23.5 Å². The van der Waals surface area contributed by atoms with Crippen molar-refractivity contribution >= 4 is 39.2 Å². The summed E-state index contributed by atoms with van der Waals surface area (Å²) in [5, 5.41) is 4.69. The Bertz CT molecular complexity index is 1130. The SMILES string of the molecule is CC(NC(=O)CSc1ncnc2sc(-c3ccccc3)cc12)c1ccc(F)cc1. The number of thioether (sulfide) groups is 1. The topological polar surface area (TPSA) is 54.9 Å². The third-order valence-corrected chi connectivity index (χ3v) is 6.54. The van der Waals surface area contributed by atoms with Crippen molar-refractivity contribution in [3.63, 3.8) is 0 Å². The van der Waals surface area contributed by atoms with Gasteiger partial charge in [0, 0.05) is 10.3 Å². The zero-order chi connectivity index (χ0) is 20.2. The first-order valence-electron chi connectivity index (χ1n) is 9.08. The van der Waals surface area contributed by atoms with Gasteiger partial charge < -0.3 is 5.32 Å². The monoisotopic (exact) mass is 423 g/mol. The number of hydrogen-bond acceptors (Lipinski definition) is 5. The standard InChI is InChI=1S/C22H18FN3OS2/c1-14(15-7-9-17(23)10-8-15)26-20(27)12-28-21-18-11-19(16-5-3-2-4-6-16)29-22(18)25-13-24-21/h2-11,13-14H,12H2,1H3,(H,26,27). The Morgan fingerprint density at radius 1 is 1.14 bits per heavy atom. The van der Waals surface area contributed by atoms with Gasteiger partial charge in [-0.1, -0.05) is 54.2 Å². The number of hydrogen-bond donors (Lipinski definition) is 1. The van der Waals surface area contributed by atoms with Gasteiger partial charge in [-0.15, -0.1) is 11.3 Å². The van der Waals surface area contributed by atoms with Gasteiger partial charge in [-0.3, -0.25) is 4.79 Å². The lowest BCUT2D eigenvalue weighted by Crippen LogP contribution is -2.28. The van der Waals surface area contributed by atoms with Crippen LogP contribution >= 0.6 is 23.1 Å². The van der Waals surface area contributed by atoms with Gasteiger partial charge in [-0.05, 0) is 36.2 Å². The van der Waals surface area contributed by atoms with E-state index in [9.17, 15) is 9.18 Å². The maximum absolute atomic E-state index is 13.1. The average Bonchev–Trinajstić information content (AvgIpc) is 3.18. The molecular formula is C22H18FN3OS2. The highest BCUT2D eigenvalue weighted by Crippen LogP contribution is 2.36. The number of carbonyl (C=O) groups excluding carboxylic acids is 1. The number of halogens is 1. The molecule has 2 aromatic heterocycles. The minimum Gasteiger partial charge on any atom is -0.349 e. The molecule has 2 aromatic carbocycles. The van der Waals surface area contributed by atoms with Crippen LogP contribution in [0, 0.1) is 5.82 Å². The van der Waals surface area contributed by atoms with Crippen molar-refractivity contribution in [2.75, 3.05) is 5.75 Å². The van der Waals surface area contributed by atoms with Crippen molar-refractivity contribution in [3.8, 4) is 10.4 Å². The molecule has 1 N–H and O–H groups in total. The van der Waals surface area contributed by atoms with Crippen LogP contribution in [0.25, 0.3) is 20.7 Å². The zero-order valence-corrected chi connectivity index (χ0v) is 17.3. The second kappa shape index (κ2) is 8.71. The van der Waals surface area contributed by atoms with E-state index in [0.717, 1.165) is 31.2 Å². The third-order valence-electron chi connectivity index (χ3n) is 4.44. The molecule has 7 heteroatoms. The fourth-order valence-electron chi connectivity index (χ4n) is 2.95. The first-order valence-corrected chi connectivity index (χ1v) is 10.9. The Balaban J connectivity index is 1.44. The van der Waals surface area contributed by atoms with E-state index in [4.69, 9.17) is 0 Å². The van der Waals surface area contributed by atoms with Gasteiger partial charge in [-0.25, -0.2) is 14.4 Å². The molecule has 4 rings (SSSR count). The van der Waals surface area contributed by atoms with E-state index < -0.39 is 0 Å². The van der Waals surface area contributed by atoms with E-state index in [1.54, 1.807) is 23.5 Å². The lowest BCUT2D eigenvalue weighted by molar-refractivity contribution is -0.119. The molecule has 0 fully saturated rings. The predicted molar refractivity (Wildman–Crippen MR) is 117 cm³/mol. The summed E-state index contributed by atoms with van der Waals surface area (Å²) in [7, 11) is 0. The minimum atomic E-state index is -0.291. The highest BCUT2D eigenvalue weighted by molar-refractivity contribution is 8.00. The lowest BCUT2D eigenvalue weighted by Gasteiger charge is -2.14. The number of carbonyl (C=O) groups is 1. The normalized spacial score (nSPS) is 12.1. The Morgan fingerprint density at radius 2 is 1.90 bits per heavy atom. The van der Waals surface area contributed by atoms with Crippen LogP contribution in [-0.4, -0.2) is 21.6 Å². The molecule has 0 bridgehead atoms. The zero-order valence-electron chi connectivity index (χ0n) is 15.6. The molecule has 0 saturated heterocycles. The molecule has 2 heterocycles. The van der Waals surface area contributed by atoms with Gasteiger partial charge in [-0.2, -0.15) is 0 Å². The second-order valence-corrected chi connectivity index (χ2v) is 8.50. The molecular weight excluding hydrogens is 405 g/mol. The molecule has 146 valence electrons. The fraction of sp³-hybridized carbons (Fsp3) is 0.136. The molecule has 1 atom stereocenters. The van der Waals surface area contributed by atoms with E-state index in [1.165, 1.54) is 30.2 Å². The molecule has 1 unspecified atom stereocenters. The largest absolute Gasteiger partial charge is 0.349 e. The molecule has 0 aliphatic heterocycles. The molecule has 0 aliphatic carbocycles. The van der Waals surface area contributed by atoms with Crippen molar-refractivity contribution in [1.82, 2.24) is 15.3 Å².